The molecule has 59 heavy (non-hydrogen) atoms. The summed E-state index contributed by atoms with van der Waals surface area (Å²) in [7, 11) is 0. The van der Waals surface area contributed by atoms with Crippen molar-refractivity contribution in [2.45, 2.75) is 85.5 Å². The fourth-order valence-corrected chi connectivity index (χ4v) is 9.43. The highest BCUT2D eigenvalue weighted by Gasteiger charge is 2.44. The third-order valence-corrected chi connectivity index (χ3v) is 12.8. The molecule has 0 saturated carbocycles. The van der Waals surface area contributed by atoms with Crippen LogP contribution in [0, 0.1) is 6.92 Å². The summed E-state index contributed by atoms with van der Waals surface area (Å²) >= 11 is 0. The van der Waals surface area contributed by atoms with Gasteiger partial charge in [0.05, 0.1) is 0 Å². The van der Waals surface area contributed by atoms with E-state index in [9.17, 15) is 0 Å². The molecule has 0 fully saturated rings. The normalized spacial score (nSPS) is 13.8. The minimum Gasteiger partial charge on any atom is -0.456 e. The molecule has 0 amide bonds. The Morgan fingerprint density at radius 1 is 0.424 bits per heavy atom. The van der Waals surface area contributed by atoms with Crippen LogP contribution in [0.15, 0.2) is 144 Å². The molecule has 0 unspecified atom stereocenters. The molecular weight excluding hydrogens is 715 g/mol. The molecule has 0 saturated heterocycles. The summed E-state index contributed by atoms with van der Waals surface area (Å²) < 4.78 is 6.17. The number of hydrogen-bond donors (Lipinski definition) is 0. The summed E-state index contributed by atoms with van der Waals surface area (Å²) in [6, 6.07) is 52.7. The molecule has 10 rings (SSSR count). The average Bonchev–Trinajstić information content (AvgIpc) is 3.57. The minimum atomic E-state index is -0.0133. The van der Waals surface area contributed by atoms with Gasteiger partial charge in [-0.15, -0.1) is 0 Å². The second-order valence-electron chi connectivity index (χ2n) is 20.0. The second kappa shape index (κ2) is 13.0. The van der Waals surface area contributed by atoms with Crippen LogP contribution >= 0.6 is 0 Å². The maximum Gasteiger partial charge on any atom is 0.252 e. The third kappa shape index (κ3) is 6.10. The summed E-state index contributed by atoms with van der Waals surface area (Å²) in [5.41, 5.74) is 20.9. The predicted molar refractivity (Wildman–Crippen MR) is 254 cm³/mol. The zero-order valence-electron chi connectivity index (χ0n) is 36.2. The first-order valence-corrected chi connectivity index (χ1v) is 21.2. The van der Waals surface area contributed by atoms with Crippen LogP contribution in [0.4, 0.5) is 34.1 Å². The van der Waals surface area contributed by atoms with Gasteiger partial charge in [-0.2, -0.15) is 0 Å². The van der Waals surface area contributed by atoms with Crippen LogP contribution in [0.5, 0.6) is 0 Å². The van der Waals surface area contributed by atoms with E-state index in [0.29, 0.717) is 0 Å². The first kappa shape index (κ1) is 37.3. The standard InChI is InChI=1S/C55H53BN2O/c1-34-29-48-52-49(30-34)58(41-24-18-37(19-25-41)53(2,3)4)47-33-39(55(8,9)10)21-27-45(47)56(52)44-26-20-38(54(5,6)7)32-46(44)57(48)40-22-15-35(16-23-40)36-17-28-51-43(31-36)42-13-11-12-14-50(42)59-51/h11-33H,1-10H3. The summed E-state index contributed by atoms with van der Waals surface area (Å²) in [4.78, 5) is 5.09. The molecule has 8 aromatic rings. The van der Waals surface area contributed by atoms with E-state index >= 15 is 0 Å². The SMILES string of the molecule is Cc1cc2c3c(c1)N(c1ccc(C(C)(C)C)cc1)c1cc(C(C)(C)C)ccc1B3c1ccc(C(C)(C)C)cc1N2c1ccc(-c2ccc3oc4ccccc4c3c2)cc1. The van der Waals surface area contributed by atoms with Gasteiger partial charge >= 0.3 is 0 Å². The van der Waals surface area contributed by atoms with Crippen molar-refractivity contribution in [3.8, 4) is 11.1 Å². The molecule has 2 aliphatic rings. The van der Waals surface area contributed by atoms with E-state index in [1.165, 1.54) is 78.2 Å². The van der Waals surface area contributed by atoms with Crippen molar-refractivity contribution in [2.24, 2.45) is 0 Å². The Balaban J connectivity index is 1.19. The molecule has 292 valence electrons. The van der Waals surface area contributed by atoms with E-state index in [1.54, 1.807) is 0 Å². The van der Waals surface area contributed by atoms with Gasteiger partial charge in [0.2, 0.25) is 0 Å². The van der Waals surface area contributed by atoms with Gasteiger partial charge in [-0.05, 0) is 140 Å². The highest BCUT2D eigenvalue weighted by molar-refractivity contribution is 7.00. The average molecular weight is 769 g/mol. The Bertz CT molecular complexity index is 2950. The van der Waals surface area contributed by atoms with Gasteiger partial charge in [0, 0.05) is 44.9 Å². The maximum absolute atomic E-state index is 6.17. The van der Waals surface area contributed by atoms with Gasteiger partial charge in [-0.1, -0.05) is 135 Å². The fourth-order valence-electron chi connectivity index (χ4n) is 9.43. The quantitative estimate of drug-likeness (QED) is 0.167. The molecule has 7 aromatic carbocycles. The summed E-state index contributed by atoms with van der Waals surface area (Å²) in [5, 5.41) is 2.29. The largest absolute Gasteiger partial charge is 0.456 e. The van der Waals surface area contributed by atoms with Gasteiger partial charge < -0.3 is 14.2 Å². The van der Waals surface area contributed by atoms with Crippen molar-refractivity contribution in [2.75, 3.05) is 9.80 Å². The number of nitrogens with zero attached hydrogens (tertiary/aromatic N) is 2. The van der Waals surface area contributed by atoms with Crippen molar-refractivity contribution in [3.63, 3.8) is 0 Å². The zero-order valence-corrected chi connectivity index (χ0v) is 36.2. The van der Waals surface area contributed by atoms with Gasteiger partial charge in [-0.25, -0.2) is 0 Å². The Morgan fingerprint density at radius 2 is 0.898 bits per heavy atom. The van der Waals surface area contributed by atoms with Gasteiger partial charge in [0.1, 0.15) is 11.2 Å². The van der Waals surface area contributed by atoms with Crippen LogP contribution in [0.2, 0.25) is 0 Å². The van der Waals surface area contributed by atoms with Crippen molar-refractivity contribution in [3.05, 3.63) is 162 Å². The smallest absolute Gasteiger partial charge is 0.252 e. The van der Waals surface area contributed by atoms with Gasteiger partial charge in [0.15, 0.2) is 0 Å². The Kier molecular flexibility index (Phi) is 8.22. The van der Waals surface area contributed by atoms with E-state index < -0.39 is 0 Å². The molecule has 0 N–H and O–H groups in total. The molecule has 3 nitrogen and oxygen atoms in total. The lowest BCUT2D eigenvalue weighted by atomic mass is 9.33. The molecule has 1 aromatic heterocycles. The number of aryl methyl sites for hydroxylation is 1. The molecule has 3 heterocycles. The number of furan rings is 1. The predicted octanol–water partition coefficient (Wildman–Crippen LogP) is 13.5. The van der Waals surface area contributed by atoms with Crippen LogP contribution < -0.4 is 26.2 Å². The van der Waals surface area contributed by atoms with Gasteiger partial charge in [-0.3, -0.25) is 0 Å². The topological polar surface area (TPSA) is 19.6 Å². The van der Waals surface area contributed by atoms with E-state index in [4.69, 9.17) is 4.42 Å². The maximum atomic E-state index is 6.17. The number of anilines is 6. The highest BCUT2D eigenvalue weighted by Crippen LogP contribution is 2.46. The number of benzene rings is 7. The van der Waals surface area contributed by atoms with Crippen molar-refractivity contribution >= 4 is 79.2 Å². The van der Waals surface area contributed by atoms with Crippen molar-refractivity contribution < 1.29 is 4.42 Å². The van der Waals surface area contributed by atoms with Crippen LogP contribution in [0.25, 0.3) is 33.1 Å². The Labute approximate surface area is 350 Å². The lowest BCUT2D eigenvalue weighted by molar-refractivity contribution is 0.590. The molecule has 0 spiro atoms. The Morgan fingerprint density at radius 3 is 1.44 bits per heavy atom. The van der Waals surface area contributed by atoms with Crippen LogP contribution in [0.1, 0.15) is 84.6 Å². The highest BCUT2D eigenvalue weighted by atomic mass is 16.3. The van der Waals surface area contributed by atoms with Crippen LogP contribution in [-0.4, -0.2) is 6.71 Å². The minimum absolute atomic E-state index is 0.00193. The number of para-hydroxylation sites is 1. The number of fused-ring (bicyclic) bond motifs is 7. The second-order valence-corrected chi connectivity index (χ2v) is 20.0. The monoisotopic (exact) mass is 768 g/mol. The summed E-state index contributed by atoms with van der Waals surface area (Å²) in [6.45, 7) is 23.1. The summed E-state index contributed by atoms with van der Waals surface area (Å²) in [5.74, 6) is 0. The van der Waals surface area contributed by atoms with Crippen molar-refractivity contribution in [1.82, 2.24) is 0 Å². The lowest BCUT2D eigenvalue weighted by Crippen LogP contribution is -2.61. The van der Waals surface area contributed by atoms with Crippen LogP contribution in [-0.2, 0) is 16.2 Å². The molecule has 0 radical (unpaired) electrons. The first-order valence-electron chi connectivity index (χ1n) is 21.2. The third-order valence-electron chi connectivity index (χ3n) is 12.8. The molecule has 0 aliphatic carbocycles. The molecule has 4 heteroatoms. The first-order chi connectivity index (χ1) is 28.0. The van der Waals surface area contributed by atoms with Crippen molar-refractivity contribution in [1.29, 1.82) is 0 Å². The number of rotatable bonds is 3. The van der Waals surface area contributed by atoms with E-state index in [1.807, 2.05) is 12.1 Å². The molecular formula is C55H53BN2O. The van der Waals surface area contributed by atoms with E-state index in [0.717, 1.165) is 27.6 Å². The zero-order chi connectivity index (χ0) is 41.2. The Hall–Kier alpha value is -6.00. The van der Waals surface area contributed by atoms with E-state index in [2.05, 4.69) is 206 Å². The number of hydrogen-bond acceptors (Lipinski definition) is 3. The fraction of sp³-hybridized carbons (Fsp3) is 0.236. The molecule has 0 bridgehead atoms. The lowest BCUT2D eigenvalue weighted by Gasteiger charge is -2.45. The van der Waals surface area contributed by atoms with Crippen LogP contribution in [0.3, 0.4) is 0 Å². The van der Waals surface area contributed by atoms with E-state index in [-0.39, 0.29) is 23.0 Å². The van der Waals surface area contributed by atoms with Gasteiger partial charge in [0.25, 0.3) is 6.71 Å². The molecule has 0 atom stereocenters. The summed E-state index contributed by atoms with van der Waals surface area (Å²) in [6.07, 6.45) is 0. The molecule has 2 aliphatic heterocycles.